The van der Waals surface area contributed by atoms with Crippen LogP contribution in [0.15, 0.2) is 48.5 Å². The van der Waals surface area contributed by atoms with Gasteiger partial charge < -0.3 is 5.32 Å². The predicted octanol–water partition coefficient (Wildman–Crippen LogP) is 2.68. The number of nitrogens with one attached hydrogen (secondary N) is 1. The molecular weight excluding hydrogens is 448 g/mol. The number of hydrogen-bond acceptors (Lipinski definition) is 5. The topological polar surface area (TPSA) is 73.0 Å². The second-order valence-corrected chi connectivity index (χ2v) is 11.5. The van der Waals surface area contributed by atoms with E-state index in [0.29, 0.717) is 38.3 Å². The number of rotatable bonds is 8. The molecule has 0 spiro atoms. The van der Waals surface area contributed by atoms with Crippen LogP contribution in [0.5, 0.6) is 0 Å². The molecule has 2 saturated heterocycles. The Bertz CT molecular complexity index is 1060. The number of piperazine rings is 1. The molecule has 0 saturated carbocycles. The highest BCUT2D eigenvalue weighted by Gasteiger charge is 2.23. The molecular formula is C26H36N4O3S. The van der Waals surface area contributed by atoms with Gasteiger partial charge in [-0.2, -0.15) is 4.31 Å². The molecule has 2 fully saturated rings. The second kappa shape index (κ2) is 11.4. The van der Waals surface area contributed by atoms with E-state index in [1.165, 1.54) is 48.5 Å². The van der Waals surface area contributed by atoms with Crippen molar-refractivity contribution in [1.82, 2.24) is 19.4 Å². The van der Waals surface area contributed by atoms with Crippen LogP contribution in [-0.2, 0) is 29.7 Å². The lowest BCUT2D eigenvalue weighted by Gasteiger charge is -2.33. The van der Waals surface area contributed by atoms with Crippen molar-refractivity contribution in [2.24, 2.45) is 0 Å². The highest BCUT2D eigenvalue weighted by atomic mass is 32.2. The normalized spacial score (nSPS) is 18.6. The van der Waals surface area contributed by atoms with Crippen molar-refractivity contribution in [2.45, 2.75) is 38.9 Å². The minimum atomic E-state index is -3.11. The van der Waals surface area contributed by atoms with Gasteiger partial charge in [0.1, 0.15) is 0 Å². The molecule has 4 rings (SSSR count). The van der Waals surface area contributed by atoms with E-state index in [1.54, 1.807) is 0 Å². The molecule has 8 heteroatoms. The second-order valence-electron chi connectivity index (χ2n) is 9.47. The Kier molecular flexibility index (Phi) is 8.37. The molecule has 2 aromatic carbocycles. The van der Waals surface area contributed by atoms with Crippen LogP contribution in [0, 0.1) is 0 Å². The van der Waals surface area contributed by atoms with Crippen LogP contribution >= 0.6 is 0 Å². The monoisotopic (exact) mass is 484 g/mol. The molecule has 184 valence electrons. The van der Waals surface area contributed by atoms with Gasteiger partial charge in [0.05, 0.1) is 6.26 Å². The first-order valence-electron chi connectivity index (χ1n) is 12.2. The first-order valence-corrected chi connectivity index (χ1v) is 14.1. The van der Waals surface area contributed by atoms with Gasteiger partial charge in [-0.05, 0) is 54.8 Å². The molecule has 34 heavy (non-hydrogen) atoms. The molecule has 0 unspecified atom stereocenters. The van der Waals surface area contributed by atoms with Gasteiger partial charge in [0, 0.05) is 51.4 Å². The minimum Gasteiger partial charge on any atom is -0.348 e. The molecule has 2 heterocycles. The molecule has 2 aromatic rings. The summed E-state index contributed by atoms with van der Waals surface area (Å²) in [6, 6.07) is 16.2. The number of nitrogens with zero attached hydrogens (tertiary/aromatic N) is 3. The molecule has 2 aliphatic heterocycles. The molecule has 0 aromatic heterocycles. The molecule has 7 nitrogen and oxygen atoms in total. The number of carbonyl (C=O) groups excluding carboxylic acids is 1. The third kappa shape index (κ3) is 7.12. The van der Waals surface area contributed by atoms with E-state index >= 15 is 0 Å². The maximum Gasteiger partial charge on any atom is 0.251 e. The lowest BCUT2D eigenvalue weighted by Crippen LogP contribution is -2.47. The quantitative estimate of drug-likeness (QED) is 0.624. The van der Waals surface area contributed by atoms with Gasteiger partial charge >= 0.3 is 0 Å². The number of piperidine rings is 1. The van der Waals surface area contributed by atoms with Gasteiger partial charge in [-0.3, -0.25) is 14.6 Å². The van der Waals surface area contributed by atoms with Gasteiger partial charge in [-0.25, -0.2) is 8.42 Å². The van der Waals surface area contributed by atoms with E-state index in [1.807, 2.05) is 24.3 Å². The zero-order chi connectivity index (χ0) is 24.0. The molecule has 0 atom stereocenters. The molecule has 2 aliphatic rings. The fourth-order valence-electron chi connectivity index (χ4n) is 4.74. The maximum absolute atomic E-state index is 12.7. The van der Waals surface area contributed by atoms with E-state index in [-0.39, 0.29) is 5.91 Å². The van der Waals surface area contributed by atoms with Crippen molar-refractivity contribution in [3.63, 3.8) is 0 Å². The van der Waals surface area contributed by atoms with Crippen LogP contribution in [0.25, 0.3) is 0 Å². The highest BCUT2D eigenvalue weighted by Crippen LogP contribution is 2.15. The number of hydrogen-bond donors (Lipinski definition) is 1. The van der Waals surface area contributed by atoms with Crippen molar-refractivity contribution < 1.29 is 13.2 Å². The predicted molar refractivity (Wildman–Crippen MR) is 135 cm³/mol. The summed E-state index contributed by atoms with van der Waals surface area (Å²) in [7, 11) is -3.11. The standard InChI is InChI=1S/C26H36N4O3S/c1-34(32,33)30-16-14-29(15-17-30)20-22-8-10-25(11-9-22)26(31)27-19-23-6-5-7-24(18-23)21-28-12-3-2-4-13-28/h5-11,18H,2-4,12-17,19-21H2,1H3,(H,27,31). The number of benzene rings is 2. The number of carbonyl (C=O) groups is 1. The van der Waals surface area contributed by atoms with E-state index < -0.39 is 10.0 Å². The molecule has 0 radical (unpaired) electrons. The Morgan fingerprint density at radius 1 is 0.794 bits per heavy atom. The van der Waals surface area contributed by atoms with Crippen molar-refractivity contribution >= 4 is 15.9 Å². The van der Waals surface area contributed by atoms with Crippen LogP contribution in [0.1, 0.15) is 46.3 Å². The fraction of sp³-hybridized carbons (Fsp3) is 0.500. The van der Waals surface area contributed by atoms with Gasteiger partial charge in [0.15, 0.2) is 0 Å². The van der Waals surface area contributed by atoms with Crippen molar-refractivity contribution in [2.75, 3.05) is 45.5 Å². The van der Waals surface area contributed by atoms with Crippen LogP contribution < -0.4 is 5.32 Å². The Morgan fingerprint density at radius 2 is 1.41 bits per heavy atom. The zero-order valence-corrected chi connectivity index (χ0v) is 20.9. The average Bonchev–Trinajstić information content (AvgIpc) is 2.84. The van der Waals surface area contributed by atoms with Crippen molar-refractivity contribution in [3.8, 4) is 0 Å². The van der Waals surface area contributed by atoms with E-state index in [9.17, 15) is 13.2 Å². The summed E-state index contributed by atoms with van der Waals surface area (Å²) in [6.07, 6.45) is 5.17. The Balaban J connectivity index is 1.24. The van der Waals surface area contributed by atoms with E-state index in [2.05, 4.69) is 39.4 Å². The summed E-state index contributed by atoms with van der Waals surface area (Å²) in [4.78, 5) is 17.4. The maximum atomic E-state index is 12.7. The molecule has 0 bridgehead atoms. The van der Waals surface area contributed by atoms with Crippen LogP contribution in [0.2, 0.25) is 0 Å². The van der Waals surface area contributed by atoms with Gasteiger partial charge in [-0.15, -0.1) is 0 Å². The first-order chi connectivity index (χ1) is 16.4. The summed E-state index contributed by atoms with van der Waals surface area (Å²) >= 11 is 0. The molecule has 1 N–H and O–H groups in total. The Hall–Kier alpha value is -2.26. The smallest absolute Gasteiger partial charge is 0.251 e. The van der Waals surface area contributed by atoms with E-state index in [0.717, 1.165) is 24.2 Å². The summed E-state index contributed by atoms with van der Waals surface area (Å²) < 4.78 is 24.9. The lowest BCUT2D eigenvalue weighted by atomic mass is 10.1. The average molecular weight is 485 g/mol. The molecule has 0 aliphatic carbocycles. The van der Waals surface area contributed by atoms with Crippen LogP contribution in [-0.4, -0.2) is 74.0 Å². The van der Waals surface area contributed by atoms with Crippen molar-refractivity contribution in [3.05, 3.63) is 70.8 Å². The number of sulfonamides is 1. The highest BCUT2D eigenvalue weighted by molar-refractivity contribution is 7.88. The summed E-state index contributed by atoms with van der Waals surface area (Å²) in [5, 5.41) is 3.04. The summed E-state index contributed by atoms with van der Waals surface area (Å²) in [5.74, 6) is -0.0743. The number of likely N-dealkylation sites (tertiary alicyclic amines) is 1. The lowest BCUT2D eigenvalue weighted by molar-refractivity contribution is 0.0951. The zero-order valence-electron chi connectivity index (χ0n) is 20.1. The third-order valence-corrected chi connectivity index (χ3v) is 8.03. The van der Waals surface area contributed by atoms with Gasteiger partial charge in [0.2, 0.25) is 10.0 Å². The number of amides is 1. The van der Waals surface area contributed by atoms with Crippen LogP contribution in [0.4, 0.5) is 0 Å². The van der Waals surface area contributed by atoms with Crippen molar-refractivity contribution in [1.29, 1.82) is 0 Å². The minimum absolute atomic E-state index is 0.0743. The van der Waals surface area contributed by atoms with Gasteiger partial charge in [0.25, 0.3) is 5.91 Å². The largest absolute Gasteiger partial charge is 0.348 e. The third-order valence-electron chi connectivity index (χ3n) is 6.72. The van der Waals surface area contributed by atoms with E-state index in [4.69, 9.17) is 0 Å². The van der Waals surface area contributed by atoms with Gasteiger partial charge in [-0.1, -0.05) is 42.8 Å². The van der Waals surface area contributed by atoms with Crippen LogP contribution in [0.3, 0.4) is 0 Å². The fourth-order valence-corrected chi connectivity index (χ4v) is 5.56. The summed E-state index contributed by atoms with van der Waals surface area (Å²) in [6.45, 7) is 7.08. The Labute approximate surface area is 203 Å². The first kappa shape index (κ1) is 24.9. The molecule has 1 amide bonds. The SMILES string of the molecule is CS(=O)(=O)N1CCN(Cc2ccc(C(=O)NCc3cccc(CN4CCCCC4)c3)cc2)CC1. The summed E-state index contributed by atoms with van der Waals surface area (Å²) in [5.41, 5.74) is 4.19. The Morgan fingerprint density at radius 3 is 2.09 bits per heavy atom.